The molecule has 2 atom stereocenters. The van der Waals surface area contributed by atoms with Crippen LogP contribution in [0.3, 0.4) is 0 Å². The Hall–Kier alpha value is -0.860. The van der Waals surface area contributed by atoms with Crippen LogP contribution < -0.4 is 5.32 Å². The van der Waals surface area contributed by atoms with Crippen molar-refractivity contribution >= 4 is 0 Å². The molecule has 2 nitrogen and oxygen atoms in total. The van der Waals surface area contributed by atoms with Gasteiger partial charge in [0, 0.05) is 7.11 Å². The van der Waals surface area contributed by atoms with Gasteiger partial charge in [0.2, 0.25) is 0 Å². The fourth-order valence-electron chi connectivity index (χ4n) is 3.03. The van der Waals surface area contributed by atoms with Crippen molar-refractivity contribution in [2.45, 2.75) is 51.2 Å². The molecule has 0 bridgehead atoms. The lowest BCUT2D eigenvalue weighted by Crippen LogP contribution is -2.34. The first-order valence-corrected chi connectivity index (χ1v) is 7.47. The largest absolute Gasteiger partial charge is 0.379 e. The van der Waals surface area contributed by atoms with E-state index in [-0.39, 0.29) is 12.1 Å². The highest BCUT2D eigenvalue weighted by atomic mass is 16.5. The molecule has 1 aliphatic rings. The summed E-state index contributed by atoms with van der Waals surface area (Å²) in [5.41, 5.74) is 2.83. The molecule has 1 fully saturated rings. The summed E-state index contributed by atoms with van der Waals surface area (Å²) in [7, 11) is 3.82. The lowest BCUT2D eigenvalue weighted by molar-refractivity contribution is 0.0348. The minimum Gasteiger partial charge on any atom is -0.379 e. The van der Waals surface area contributed by atoms with Crippen molar-refractivity contribution in [3.05, 3.63) is 35.4 Å². The molecular weight excluding hydrogens is 234 g/mol. The molecule has 0 spiro atoms. The Bertz CT molecular complexity index is 381. The van der Waals surface area contributed by atoms with Crippen LogP contribution in [-0.2, 0) is 4.74 Å². The zero-order valence-corrected chi connectivity index (χ0v) is 12.6. The van der Waals surface area contributed by atoms with Gasteiger partial charge in [0.25, 0.3) is 0 Å². The van der Waals surface area contributed by atoms with Crippen LogP contribution in [0.25, 0.3) is 0 Å². The molecule has 1 saturated carbocycles. The second-order valence-electron chi connectivity index (χ2n) is 6.01. The zero-order chi connectivity index (χ0) is 13.8. The predicted octanol–water partition coefficient (Wildman–Crippen LogP) is 3.89. The first-order chi connectivity index (χ1) is 9.17. The quantitative estimate of drug-likeness (QED) is 0.839. The summed E-state index contributed by atoms with van der Waals surface area (Å²) in [6.45, 7) is 4.42. The van der Waals surface area contributed by atoms with Gasteiger partial charge in [-0.3, -0.25) is 0 Å². The molecule has 2 heteroatoms. The summed E-state index contributed by atoms with van der Waals surface area (Å²) in [4.78, 5) is 0. The SMILES string of the molecule is CNC(c1ccc(C2CCC2)cc1)C(OC)C(C)C. The van der Waals surface area contributed by atoms with Crippen molar-refractivity contribution < 1.29 is 4.74 Å². The molecule has 0 heterocycles. The number of nitrogens with one attached hydrogen (secondary N) is 1. The second-order valence-corrected chi connectivity index (χ2v) is 6.01. The van der Waals surface area contributed by atoms with Gasteiger partial charge < -0.3 is 10.1 Å². The van der Waals surface area contributed by atoms with Gasteiger partial charge in [-0.25, -0.2) is 0 Å². The summed E-state index contributed by atoms with van der Waals surface area (Å²) in [6, 6.07) is 9.40. The average molecular weight is 261 g/mol. The maximum Gasteiger partial charge on any atom is 0.0788 e. The van der Waals surface area contributed by atoms with E-state index in [1.54, 1.807) is 7.11 Å². The second kappa shape index (κ2) is 6.53. The number of benzene rings is 1. The summed E-state index contributed by atoms with van der Waals surface area (Å²) < 4.78 is 5.67. The number of methoxy groups -OCH3 is 1. The molecule has 0 amide bonds. The molecule has 106 valence electrons. The van der Waals surface area contributed by atoms with Crippen molar-refractivity contribution in [1.29, 1.82) is 0 Å². The zero-order valence-electron chi connectivity index (χ0n) is 12.6. The number of rotatable bonds is 6. The van der Waals surface area contributed by atoms with Crippen molar-refractivity contribution in [3.8, 4) is 0 Å². The van der Waals surface area contributed by atoms with Gasteiger partial charge in [0.1, 0.15) is 0 Å². The Labute approximate surface area is 117 Å². The molecule has 1 aliphatic carbocycles. The van der Waals surface area contributed by atoms with Gasteiger partial charge >= 0.3 is 0 Å². The Balaban J connectivity index is 2.13. The third kappa shape index (κ3) is 3.18. The van der Waals surface area contributed by atoms with E-state index in [1.807, 2.05) is 7.05 Å². The fourth-order valence-corrected chi connectivity index (χ4v) is 3.03. The highest BCUT2D eigenvalue weighted by Crippen LogP contribution is 2.36. The highest BCUT2D eigenvalue weighted by molar-refractivity contribution is 5.29. The number of hydrogen-bond donors (Lipinski definition) is 1. The van der Waals surface area contributed by atoms with Crippen LogP contribution in [0.15, 0.2) is 24.3 Å². The third-order valence-corrected chi connectivity index (χ3v) is 4.44. The smallest absolute Gasteiger partial charge is 0.0788 e. The van der Waals surface area contributed by atoms with Crippen LogP contribution in [-0.4, -0.2) is 20.3 Å². The summed E-state index contributed by atoms with van der Waals surface area (Å²) >= 11 is 0. The Kier molecular flexibility index (Phi) is 5.00. The first-order valence-electron chi connectivity index (χ1n) is 7.47. The van der Waals surface area contributed by atoms with Gasteiger partial charge in [0.15, 0.2) is 0 Å². The van der Waals surface area contributed by atoms with E-state index in [1.165, 1.54) is 30.4 Å². The van der Waals surface area contributed by atoms with Gasteiger partial charge in [-0.1, -0.05) is 44.5 Å². The lowest BCUT2D eigenvalue weighted by atomic mass is 9.79. The molecule has 1 N–H and O–H groups in total. The summed E-state index contributed by atoms with van der Waals surface area (Å²) in [6.07, 6.45) is 4.33. The van der Waals surface area contributed by atoms with E-state index in [0.717, 1.165) is 5.92 Å². The number of ether oxygens (including phenoxy) is 1. The lowest BCUT2D eigenvalue weighted by Gasteiger charge is -2.30. The summed E-state index contributed by atoms with van der Waals surface area (Å²) in [5.74, 6) is 1.30. The minimum atomic E-state index is 0.208. The molecule has 0 aliphatic heterocycles. The normalized spacial score (nSPS) is 19.2. The molecule has 19 heavy (non-hydrogen) atoms. The third-order valence-electron chi connectivity index (χ3n) is 4.44. The minimum absolute atomic E-state index is 0.208. The molecule has 1 aromatic carbocycles. The van der Waals surface area contributed by atoms with E-state index in [0.29, 0.717) is 5.92 Å². The molecule has 0 aromatic heterocycles. The molecule has 1 aromatic rings. The monoisotopic (exact) mass is 261 g/mol. The van der Waals surface area contributed by atoms with Crippen LogP contribution in [0.5, 0.6) is 0 Å². The van der Waals surface area contributed by atoms with Gasteiger partial charge in [-0.05, 0) is 42.9 Å². The van der Waals surface area contributed by atoms with Crippen molar-refractivity contribution in [1.82, 2.24) is 5.32 Å². The average Bonchev–Trinajstić information content (AvgIpc) is 2.34. The maximum absolute atomic E-state index is 5.67. The van der Waals surface area contributed by atoms with Crippen LogP contribution in [0.1, 0.15) is 56.2 Å². The van der Waals surface area contributed by atoms with E-state index in [9.17, 15) is 0 Å². The highest BCUT2D eigenvalue weighted by Gasteiger charge is 2.25. The van der Waals surface area contributed by atoms with Gasteiger partial charge in [-0.15, -0.1) is 0 Å². The molecule has 2 rings (SSSR count). The van der Waals surface area contributed by atoms with Crippen LogP contribution in [0, 0.1) is 5.92 Å². The summed E-state index contributed by atoms with van der Waals surface area (Å²) in [5, 5.41) is 3.40. The van der Waals surface area contributed by atoms with Crippen LogP contribution in [0.2, 0.25) is 0 Å². The van der Waals surface area contributed by atoms with Gasteiger partial charge in [-0.2, -0.15) is 0 Å². The molecule has 0 saturated heterocycles. The standard InChI is InChI=1S/C17H27NO/c1-12(2)17(19-4)16(18-3)15-10-8-14(9-11-15)13-6-5-7-13/h8-13,16-18H,5-7H2,1-4H3. The number of hydrogen-bond acceptors (Lipinski definition) is 2. The van der Waals surface area contributed by atoms with Crippen molar-refractivity contribution in [2.24, 2.45) is 5.92 Å². The maximum atomic E-state index is 5.67. The van der Waals surface area contributed by atoms with Crippen molar-refractivity contribution in [2.75, 3.05) is 14.2 Å². The first kappa shape index (κ1) is 14.5. The predicted molar refractivity (Wildman–Crippen MR) is 80.5 cm³/mol. The Morgan fingerprint density at radius 3 is 2.16 bits per heavy atom. The molecule has 2 unspecified atom stereocenters. The topological polar surface area (TPSA) is 21.3 Å². The van der Waals surface area contributed by atoms with Crippen LogP contribution >= 0.6 is 0 Å². The molecular formula is C17H27NO. The van der Waals surface area contributed by atoms with E-state index in [2.05, 4.69) is 43.4 Å². The molecule has 0 radical (unpaired) electrons. The Morgan fingerprint density at radius 1 is 1.16 bits per heavy atom. The Morgan fingerprint density at radius 2 is 1.79 bits per heavy atom. The fraction of sp³-hybridized carbons (Fsp3) is 0.647. The van der Waals surface area contributed by atoms with Crippen molar-refractivity contribution in [3.63, 3.8) is 0 Å². The van der Waals surface area contributed by atoms with E-state index < -0.39 is 0 Å². The number of likely N-dealkylation sites (N-methyl/N-ethyl adjacent to an activating group) is 1. The van der Waals surface area contributed by atoms with E-state index >= 15 is 0 Å². The van der Waals surface area contributed by atoms with E-state index in [4.69, 9.17) is 4.74 Å². The van der Waals surface area contributed by atoms with Crippen LogP contribution in [0.4, 0.5) is 0 Å². The van der Waals surface area contributed by atoms with Gasteiger partial charge in [0.05, 0.1) is 12.1 Å².